The molecule has 0 aliphatic carbocycles. The lowest BCUT2D eigenvalue weighted by Crippen LogP contribution is -2.62. The van der Waals surface area contributed by atoms with Gasteiger partial charge in [-0.25, -0.2) is 9.59 Å². The van der Waals surface area contributed by atoms with Crippen molar-refractivity contribution in [2.75, 3.05) is 20.1 Å². The van der Waals surface area contributed by atoms with Crippen molar-refractivity contribution >= 4 is 34.6 Å². The summed E-state index contributed by atoms with van der Waals surface area (Å²) in [6, 6.07) is 21.3. The Morgan fingerprint density at radius 2 is 1.69 bits per heavy atom. The number of nitrogens with one attached hydrogen (secondary N) is 1. The summed E-state index contributed by atoms with van der Waals surface area (Å²) in [7, 11) is 1.72. The zero-order valence-electron chi connectivity index (χ0n) is 24.3. The summed E-state index contributed by atoms with van der Waals surface area (Å²) in [6.45, 7) is 4.29. The van der Waals surface area contributed by atoms with Gasteiger partial charge in [0, 0.05) is 44.6 Å². The van der Waals surface area contributed by atoms with Crippen LogP contribution in [0.4, 0.5) is 4.79 Å². The first-order valence-corrected chi connectivity index (χ1v) is 14.0. The van der Waals surface area contributed by atoms with Crippen LogP contribution in [0.3, 0.4) is 0 Å². The van der Waals surface area contributed by atoms with Crippen LogP contribution in [0.25, 0.3) is 10.8 Å². The average Bonchev–Trinajstić information content (AvgIpc) is 2.94. The van der Waals surface area contributed by atoms with E-state index in [1.165, 1.54) is 11.0 Å². The second-order valence-electron chi connectivity index (χ2n) is 11.4. The Morgan fingerprint density at radius 1 is 1.00 bits per heavy atom. The Kier molecular flexibility index (Phi) is 9.75. The van der Waals surface area contributed by atoms with Gasteiger partial charge in [0.15, 0.2) is 0 Å². The first kappa shape index (κ1) is 30.5. The minimum absolute atomic E-state index is 0.142. The van der Waals surface area contributed by atoms with Gasteiger partial charge in [0.2, 0.25) is 11.8 Å². The predicted molar refractivity (Wildman–Crippen MR) is 161 cm³/mol. The van der Waals surface area contributed by atoms with Crippen LogP contribution >= 0.6 is 0 Å². The monoisotopic (exact) mass is 570 g/mol. The van der Waals surface area contributed by atoms with Gasteiger partial charge in [-0.2, -0.15) is 0 Å². The molecule has 220 valence electrons. The zero-order valence-corrected chi connectivity index (χ0v) is 24.3. The molecule has 0 spiro atoms. The van der Waals surface area contributed by atoms with E-state index in [1.54, 1.807) is 11.9 Å². The standard InChI is InChI=1S/C33H38N4O5/c1-33(2,34)17-9-14-29(38)42-32(41)35-27(21-24-15-16-25-12-7-8-13-26(25)20-24)30(39)37-19-18-36(3)31(40)28(37)22-23-10-5-4-6-11-23/h4-16,20,27-28H,17-19,21-22,34H2,1-3H3,(H,35,41). The fourth-order valence-electron chi connectivity index (χ4n) is 4.97. The number of benzene rings is 3. The third-order valence-electron chi connectivity index (χ3n) is 7.20. The molecule has 1 aliphatic rings. The smallest absolute Gasteiger partial charge is 0.373 e. The summed E-state index contributed by atoms with van der Waals surface area (Å²) in [5.41, 5.74) is 7.13. The summed E-state index contributed by atoms with van der Waals surface area (Å²) >= 11 is 0. The summed E-state index contributed by atoms with van der Waals surface area (Å²) < 4.78 is 4.94. The number of carbonyl (C=O) groups excluding carboxylic acids is 4. The molecular weight excluding hydrogens is 532 g/mol. The molecule has 2 unspecified atom stereocenters. The van der Waals surface area contributed by atoms with E-state index in [-0.39, 0.29) is 12.3 Å². The largest absolute Gasteiger partial charge is 0.415 e. The highest BCUT2D eigenvalue weighted by Crippen LogP contribution is 2.20. The molecule has 1 fully saturated rings. The number of nitrogens with two attached hydrogens (primary N) is 1. The van der Waals surface area contributed by atoms with Crippen molar-refractivity contribution in [1.29, 1.82) is 0 Å². The predicted octanol–water partition coefficient (Wildman–Crippen LogP) is 3.60. The molecule has 3 N–H and O–H groups in total. The number of rotatable bonds is 9. The van der Waals surface area contributed by atoms with E-state index in [1.807, 2.05) is 86.6 Å². The fraction of sp³-hybridized carbons (Fsp3) is 0.333. The fourth-order valence-corrected chi connectivity index (χ4v) is 4.97. The van der Waals surface area contributed by atoms with Gasteiger partial charge in [0.25, 0.3) is 0 Å². The van der Waals surface area contributed by atoms with Gasteiger partial charge in [0.05, 0.1) is 0 Å². The van der Waals surface area contributed by atoms with Crippen LogP contribution in [0.5, 0.6) is 0 Å². The molecule has 9 nitrogen and oxygen atoms in total. The first-order valence-electron chi connectivity index (χ1n) is 14.0. The lowest BCUT2D eigenvalue weighted by molar-refractivity contribution is -0.151. The molecule has 1 aliphatic heterocycles. The second kappa shape index (κ2) is 13.4. The maximum atomic E-state index is 14.1. The molecule has 0 bridgehead atoms. The van der Waals surface area contributed by atoms with E-state index in [9.17, 15) is 19.2 Å². The second-order valence-corrected chi connectivity index (χ2v) is 11.4. The van der Waals surface area contributed by atoms with Crippen LogP contribution in [-0.4, -0.2) is 71.4 Å². The molecule has 1 heterocycles. The molecule has 2 atom stereocenters. The minimum Gasteiger partial charge on any atom is -0.373 e. The average molecular weight is 571 g/mol. The van der Waals surface area contributed by atoms with Crippen LogP contribution in [0.1, 0.15) is 31.4 Å². The Bertz CT molecular complexity index is 1460. The summed E-state index contributed by atoms with van der Waals surface area (Å²) in [5.74, 6) is -1.46. The Balaban J connectivity index is 1.57. The van der Waals surface area contributed by atoms with E-state index < -0.39 is 35.6 Å². The number of piperazine rings is 1. The number of hydrogen-bond acceptors (Lipinski definition) is 6. The van der Waals surface area contributed by atoms with E-state index in [0.29, 0.717) is 25.9 Å². The van der Waals surface area contributed by atoms with Gasteiger partial charge in [-0.3, -0.25) is 9.59 Å². The van der Waals surface area contributed by atoms with E-state index in [2.05, 4.69) is 5.32 Å². The highest BCUT2D eigenvalue weighted by atomic mass is 16.6. The number of ether oxygens (including phenoxy) is 1. The third kappa shape index (κ3) is 8.27. The van der Waals surface area contributed by atoms with Gasteiger partial charge < -0.3 is 25.6 Å². The summed E-state index contributed by atoms with van der Waals surface area (Å²) in [6.07, 6.45) is 2.52. The van der Waals surface area contributed by atoms with Crippen molar-refractivity contribution in [3.63, 3.8) is 0 Å². The molecule has 0 saturated carbocycles. The van der Waals surface area contributed by atoms with Crippen LogP contribution < -0.4 is 11.1 Å². The quantitative estimate of drug-likeness (QED) is 0.230. The maximum Gasteiger partial charge on any atom is 0.415 e. The van der Waals surface area contributed by atoms with Crippen molar-refractivity contribution in [2.45, 2.75) is 50.7 Å². The summed E-state index contributed by atoms with van der Waals surface area (Å²) in [5, 5.41) is 4.64. The van der Waals surface area contributed by atoms with Crippen molar-refractivity contribution in [1.82, 2.24) is 15.1 Å². The Morgan fingerprint density at radius 3 is 2.40 bits per heavy atom. The molecule has 0 radical (unpaired) electrons. The number of amides is 3. The molecule has 3 amide bonds. The molecular formula is C33H38N4O5. The topological polar surface area (TPSA) is 122 Å². The van der Waals surface area contributed by atoms with Gasteiger partial charge in [-0.1, -0.05) is 78.9 Å². The number of likely N-dealkylation sites (N-methyl/N-ethyl adjacent to an activating group) is 1. The Hall–Kier alpha value is -4.50. The van der Waals surface area contributed by atoms with Crippen LogP contribution in [0, 0.1) is 0 Å². The first-order chi connectivity index (χ1) is 20.0. The highest BCUT2D eigenvalue weighted by Gasteiger charge is 2.39. The molecule has 3 aromatic carbocycles. The molecule has 1 saturated heterocycles. The number of nitrogens with zero attached hydrogens (tertiary/aromatic N) is 2. The number of fused-ring (bicyclic) bond motifs is 1. The maximum absolute atomic E-state index is 14.1. The number of carbonyl (C=O) groups is 4. The van der Waals surface area contributed by atoms with E-state index in [0.717, 1.165) is 28.0 Å². The lowest BCUT2D eigenvalue weighted by Gasteiger charge is -2.40. The van der Waals surface area contributed by atoms with Crippen molar-refractivity contribution in [3.05, 3.63) is 96.1 Å². The number of alkyl carbamates (subject to hydrolysis) is 1. The molecule has 3 aromatic rings. The van der Waals surface area contributed by atoms with Crippen LogP contribution in [0.2, 0.25) is 0 Å². The SMILES string of the molecule is CN1CCN(C(=O)C(Cc2ccc3ccccc3c2)NC(=O)OC(=O)C=CCC(C)(C)N)C(Cc2ccccc2)C1=O. The van der Waals surface area contributed by atoms with Crippen molar-refractivity contribution in [2.24, 2.45) is 5.73 Å². The number of esters is 1. The van der Waals surface area contributed by atoms with Crippen LogP contribution in [0.15, 0.2) is 84.9 Å². The van der Waals surface area contributed by atoms with Gasteiger partial charge in [-0.05, 0) is 42.2 Å². The van der Waals surface area contributed by atoms with Gasteiger partial charge in [-0.15, -0.1) is 0 Å². The van der Waals surface area contributed by atoms with E-state index >= 15 is 0 Å². The lowest BCUT2D eigenvalue weighted by atomic mass is 9.97. The normalized spacial score (nSPS) is 16.5. The molecule has 42 heavy (non-hydrogen) atoms. The Labute approximate surface area is 246 Å². The zero-order chi connectivity index (χ0) is 30.3. The third-order valence-corrected chi connectivity index (χ3v) is 7.20. The van der Waals surface area contributed by atoms with Crippen molar-refractivity contribution < 1.29 is 23.9 Å². The molecule has 9 heteroatoms. The molecule has 0 aromatic heterocycles. The van der Waals surface area contributed by atoms with Gasteiger partial charge in [0.1, 0.15) is 12.1 Å². The van der Waals surface area contributed by atoms with Crippen molar-refractivity contribution in [3.8, 4) is 0 Å². The van der Waals surface area contributed by atoms with Gasteiger partial charge >= 0.3 is 12.1 Å². The van der Waals surface area contributed by atoms with Crippen LogP contribution in [-0.2, 0) is 32.0 Å². The van der Waals surface area contributed by atoms with E-state index in [4.69, 9.17) is 10.5 Å². The summed E-state index contributed by atoms with van der Waals surface area (Å²) in [4.78, 5) is 55.6. The number of hydrogen-bond donors (Lipinski definition) is 2. The molecule has 4 rings (SSSR count). The minimum atomic E-state index is -1.08. The highest BCUT2D eigenvalue weighted by molar-refractivity contribution is 5.95.